The van der Waals surface area contributed by atoms with Crippen molar-refractivity contribution in [3.8, 4) is 0 Å². The Morgan fingerprint density at radius 1 is 1.43 bits per heavy atom. The van der Waals surface area contributed by atoms with Crippen LogP contribution in [-0.4, -0.2) is 30.1 Å². The fourth-order valence-corrected chi connectivity index (χ4v) is 1.00. The van der Waals surface area contributed by atoms with Crippen molar-refractivity contribution in [1.82, 2.24) is 4.90 Å². The van der Waals surface area contributed by atoms with Gasteiger partial charge in [-0.05, 0) is 19.4 Å². The molecular formula is C9H14F3NO. The molecule has 0 heterocycles. The zero-order valence-electron chi connectivity index (χ0n) is 8.27. The van der Waals surface area contributed by atoms with Crippen molar-refractivity contribution >= 4 is 5.91 Å². The second kappa shape index (κ2) is 5.67. The van der Waals surface area contributed by atoms with E-state index in [0.29, 0.717) is 6.42 Å². The number of carbonyl (C=O) groups excluding carboxylic acids is 1. The van der Waals surface area contributed by atoms with Gasteiger partial charge in [-0.3, -0.25) is 4.79 Å². The summed E-state index contributed by atoms with van der Waals surface area (Å²) in [5.74, 6) is -0.591. The molecule has 0 aliphatic heterocycles. The topological polar surface area (TPSA) is 20.3 Å². The first-order valence-corrected chi connectivity index (χ1v) is 4.39. The second-order valence-corrected chi connectivity index (χ2v) is 2.87. The summed E-state index contributed by atoms with van der Waals surface area (Å²) in [7, 11) is 0. The fraction of sp³-hybridized carbons (Fsp3) is 0.667. The Hall–Kier alpha value is -1.00. The van der Waals surface area contributed by atoms with Crippen LogP contribution in [0.1, 0.15) is 20.3 Å². The number of alkyl halides is 3. The van der Waals surface area contributed by atoms with Crippen LogP contribution >= 0.6 is 0 Å². The summed E-state index contributed by atoms with van der Waals surface area (Å²) >= 11 is 0. The van der Waals surface area contributed by atoms with Gasteiger partial charge in [-0.15, -0.1) is 0 Å². The lowest BCUT2D eigenvalue weighted by Crippen LogP contribution is -2.38. The smallest absolute Gasteiger partial charge is 0.330 e. The van der Waals surface area contributed by atoms with Gasteiger partial charge in [-0.25, -0.2) is 0 Å². The quantitative estimate of drug-likeness (QED) is 0.651. The summed E-state index contributed by atoms with van der Waals surface area (Å²) in [6.45, 7) is 2.27. The SMILES string of the molecule is CC=CC(=O)N(CCC)CC(F)(F)F. The van der Waals surface area contributed by atoms with Crippen molar-refractivity contribution in [3.63, 3.8) is 0 Å². The fourth-order valence-electron chi connectivity index (χ4n) is 1.00. The Morgan fingerprint density at radius 3 is 2.36 bits per heavy atom. The van der Waals surface area contributed by atoms with Crippen LogP contribution in [0.4, 0.5) is 13.2 Å². The third-order valence-electron chi connectivity index (χ3n) is 1.48. The largest absolute Gasteiger partial charge is 0.406 e. The molecule has 0 saturated heterocycles. The van der Waals surface area contributed by atoms with Crippen LogP contribution in [0.5, 0.6) is 0 Å². The molecule has 14 heavy (non-hydrogen) atoms. The van der Waals surface area contributed by atoms with Gasteiger partial charge in [0, 0.05) is 6.54 Å². The first kappa shape index (κ1) is 13.0. The molecule has 2 nitrogen and oxygen atoms in total. The Labute approximate surface area is 81.4 Å². The minimum absolute atomic E-state index is 0.128. The van der Waals surface area contributed by atoms with E-state index in [1.54, 1.807) is 13.8 Å². The molecule has 0 N–H and O–H groups in total. The van der Waals surface area contributed by atoms with Gasteiger partial charge in [0.05, 0.1) is 0 Å². The van der Waals surface area contributed by atoms with E-state index in [-0.39, 0.29) is 6.54 Å². The van der Waals surface area contributed by atoms with Gasteiger partial charge < -0.3 is 4.90 Å². The molecule has 1 amide bonds. The zero-order valence-corrected chi connectivity index (χ0v) is 8.27. The molecule has 0 bridgehead atoms. The molecule has 0 aliphatic carbocycles. The van der Waals surface area contributed by atoms with Crippen molar-refractivity contribution in [1.29, 1.82) is 0 Å². The van der Waals surface area contributed by atoms with E-state index in [1.807, 2.05) is 0 Å². The maximum Gasteiger partial charge on any atom is 0.406 e. The van der Waals surface area contributed by atoms with Crippen LogP contribution in [0.2, 0.25) is 0 Å². The first-order chi connectivity index (χ1) is 6.40. The molecule has 0 fully saturated rings. The Morgan fingerprint density at radius 2 is 2.00 bits per heavy atom. The predicted octanol–water partition coefficient (Wildman–Crippen LogP) is 2.36. The van der Waals surface area contributed by atoms with E-state index in [2.05, 4.69) is 0 Å². The molecular weight excluding hydrogens is 195 g/mol. The van der Waals surface area contributed by atoms with E-state index in [9.17, 15) is 18.0 Å². The standard InChI is InChI=1S/C9H14F3NO/c1-3-5-8(14)13(6-4-2)7-9(10,11)12/h3,5H,4,6-7H2,1-2H3. The maximum absolute atomic E-state index is 12.0. The molecule has 0 aromatic rings. The maximum atomic E-state index is 12.0. The molecule has 0 saturated carbocycles. The van der Waals surface area contributed by atoms with Crippen LogP contribution < -0.4 is 0 Å². The molecule has 0 spiro atoms. The average molecular weight is 209 g/mol. The van der Waals surface area contributed by atoms with E-state index >= 15 is 0 Å². The van der Waals surface area contributed by atoms with Gasteiger partial charge in [0.2, 0.25) is 5.91 Å². The highest BCUT2D eigenvalue weighted by molar-refractivity contribution is 5.87. The van der Waals surface area contributed by atoms with Crippen molar-refractivity contribution in [3.05, 3.63) is 12.2 Å². The van der Waals surface area contributed by atoms with E-state index in [0.717, 1.165) is 11.0 Å². The molecule has 82 valence electrons. The highest BCUT2D eigenvalue weighted by atomic mass is 19.4. The van der Waals surface area contributed by atoms with E-state index < -0.39 is 18.6 Å². The minimum Gasteiger partial charge on any atom is -0.330 e. The van der Waals surface area contributed by atoms with Crippen LogP contribution in [0, 0.1) is 0 Å². The number of halogens is 3. The number of carbonyl (C=O) groups is 1. The monoisotopic (exact) mass is 209 g/mol. The predicted molar refractivity (Wildman–Crippen MR) is 47.7 cm³/mol. The van der Waals surface area contributed by atoms with Crippen molar-refractivity contribution in [2.24, 2.45) is 0 Å². The van der Waals surface area contributed by atoms with E-state index in [4.69, 9.17) is 0 Å². The van der Waals surface area contributed by atoms with Gasteiger partial charge >= 0.3 is 6.18 Å². The summed E-state index contributed by atoms with van der Waals surface area (Å²) < 4.78 is 36.0. The van der Waals surface area contributed by atoms with Gasteiger partial charge in [0.15, 0.2) is 0 Å². The van der Waals surface area contributed by atoms with Gasteiger partial charge in [-0.2, -0.15) is 13.2 Å². The number of nitrogens with zero attached hydrogens (tertiary/aromatic N) is 1. The summed E-state index contributed by atoms with van der Waals surface area (Å²) in [4.78, 5) is 11.9. The molecule has 0 aliphatic rings. The number of allylic oxidation sites excluding steroid dienone is 1. The molecule has 0 rings (SSSR count). The Kier molecular flexibility index (Phi) is 5.27. The number of hydrogen-bond acceptors (Lipinski definition) is 1. The highest BCUT2D eigenvalue weighted by Crippen LogP contribution is 2.16. The minimum atomic E-state index is -4.33. The first-order valence-electron chi connectivity index (χ1n) is 4.39. The Bertz CT molecular complexity index is 211. The number of rotatable bonds is 4. The summed E-state index contributed by atoms with van der Waals surface area (Å²) in [5, 5.41) is 0. The van der Waals surface area contributed by atoms with Crippen LogP contribution in [0.15, 0.2) is 12.2 Å². The second-order valence-electron chi connectivity index (χ2n) is 2.87. The summed E-state index contributed by atoms with van der Waals surface area (Å²) in [5.41, 5.74) is 0. The number of hydrogen-bond donors (Lipinski definition) is 0. The molecule has 5 heteroatoms. The molecule has 0 atom stereocenters. The summed E-state index contributed by atoms with van der Waals surface area (Å²) in [6.07, 6.45) is -1.24. The molecule has 0 aromatic heterocycles. The van der Waals surface area contributed by atoms with Crippen molar-refractivity contribution in [2.75, 3.05) is 13.1 Å². The van der Waals surface area contributed by atoms with Crippen molar-refractivity contribution < 1.29 is 18.0 Å². The van der Waals surface area contributed by atoms with Gasteiger partial charge in [0.25, 0.3) is 0 Å². The number of amides is 1. The van der Waals surface area contributed by atoms with E-state index in [1.165, 1.54) is 6.08 Å². The molecule has 0 unspecified atom stereocenters. The average Bonchev–Trinajstić information content (AvgIpc) is 2.01. The van der Waals surface area contributed by atoms with Crippen LogP contribution in [0.3, 0.4) is 0 Å². The van der Waals surface area contributed by atoms with Crippen LogP contribution in [0.25, 0.3) is 0 Å². The molecule has 0 radical (unpaired) electrons. The highest BCUT2D eigenvalue weighted by Gasteiger charge is 2.31. The van der Waals surface area contributed by atoms with Crippen LogP contribution in [-0.2, 0) is 4.79 Å². The van der Waals surface area contributed by atoms with Gasteiger partial charge in [-0.1, -0.05) is 13.0 Å². The lowest BCUT2D eigenvalue weighted by atomic mass is 10.3. The lowest BCUT2D eigenvalue weighted by molar-refractivity contribution is -0.158. The lowest BCUT2D eigenvalue weighted by Gasteiger charge is -2.21. The molecule has 0 aromatic carbocycles. The Balaban J connectivity index is 4.36. The van der Waals surface area contributed by atoms with Crippen molar-refractivity contribution in [2.45, 2.75) is 26.4 Å². The summed E-state index contributed by atoms with van der Waals surface area (Å²) in [6, 6.07) is 0. The third-order valence-corrected chi connectivity index (χ3v) is 1.48. The third kappa shape index (κ3) is 5.61. The normalized spacial score (nSPS) is 12.1. The van der Waals surface area contributed by atoms with Gasteiger partial charge in [0.1, 0.15) is 6.54 Å². The zero-order chi connectivity index (χ0) is 11.2.